The van der Waals surface area contributed by atoms with Gasteiger partial charge in [0.1, 0.15) is 19.8 Å². The molecule has 0 aliphatic carbocycles. The minimum absolute atomic E-state index is 0.00580. The lowest BCUT2D eigenvalue weighted by Gasteiger charge is -2.34. The molecule has 0 spiro atoms. The van der Waals surface area contributed by atoms with Crippen molar-refractivity contribution in [3.8, 4) is 11.5 Å². The van der Waals surface area contributed by atoms with Crippen molar-refractivity contribution in [3.05, 3.63) is 44.4 Å². The van der Waals surface area contributed by atoms with E-state index < -0.39 is 20.0 Å². The molecule has 1 heterocycles. The van der Waals surface area contributed by atoms with E-state index in [0.717, 1.165) is 0 Å². The van der Waals surface area contributed by atoms with Gasteiger partial charge < -0.3 is 9.47 Å². The van der Waals surface area contributed by atoms with Gasteiger partial charge in [-0.1, -0.05) is 46.4 Å². The van der Waals surface area contributed by atoms with Crippen LogP contribution in [0.25, 0.3) is 0 Å². The second-order valence-corrected chi connectivity index (χ2v) is 12.6. The van der Waals surface area contributed by atoms with Crippen LogP contribution in [0.2, 0.25) is 20.1 Å². The van der Waals surface area contributed by atoms with Crippen molar-refractivity contribution < 1.29 is 26.3 Å². The summed E-state index contributed by atoms with van der Waals surface area (Å²) in [7, 11) is -5.16. The first-order chi connectivity index (χ1) is 16.4. The highest BCUT2D eigenvalue weighted by atomic mass is 35.5. The fourth-order valence-electron chi connectivity index (χ4n) is 3.57. The summed E-state index contributed by atoms with van der Waals surface area (Å²) in [5, 5.41) is 0.398. The van der Waals surface area contributed by atoms with Crippen molar-refractivity contribution in [2.45, 2.75) is 9.79 Å². The molecule has 1 aliphatic heterocycles. The molecule has 0 atom stereocenters. The van der Waals surface area contributed by atoms with Crippen molar-refractivity contribution in [2.75, 3.05) is 53.5 Å². The van der Waals surface area contributed by atoms with Crippen LogP contribution in [0.4, 0.5) is 0 Å². The van der Waals surface area contributed by atoms with Gasteiger partial charge in [0.05, 0.1) is 24.3 Å². The summed E-state index contributed by atoms with van der Waals surface area (Å²) in [5.41, 5.74) is 0. The van der Waals surface area contributed by atoms with Gasteiger partial charge in [0.25, 0.3) is 0 Å². The highest BCUT2D eigenvalue weighted by Gasteiger charge is 2.32. The van der Waals surface area contributed by atoms with Crippen LogP contribution in [0.15, 0.2) is 34.1 Å². The average molecular weight is 607 g/mol. The van der Waals surface area contributed by atoms with Crippen LogP contribution < -0.4 is 14.2 Å². The fraction of sp³-hybridized carbons (Fsp3) is 0.400. The highest BCUT2D eigenvalue weighted by molar-refractivity contribution is 7.89. The topological polar surface area (TPSA) is 105 Å². The number of halogens is 4. The molecule has 3 rings (SSSR count). The Morgan fingerprint density at radius 1 is 0.800 bits per heavy atom. The number of piperazine rings is 1. The molecule has 194 valence electrons. The van der Waals surface area contributed by atoms with Gasteiger partial charge in [-0.2, -0.15) is 4.31 Å². The smallest absolute Gasteiger partial charge is 0.246 e. The van der Waals surface area contributed by atoms with Crippen molar-refractivity contribution in [3.63, 3.8) is 0 Å². The molecule has 0 amide bonds. The Morgan fingerprint density at radius 3 is 1.80 bits per heavy atom. The second-order valence-electron chi connectivity index (χ2n) is 7.43. The van der Waals surface area contributed by atoms with E-state index in [1.54, 1.807) is 0 Å². The van der Waals surface area contributed by atoms with Gasteiger partial charge in [0.15, 0.2) is 11.5 Å². The molecule has 9 nitrogen and oxygen atoms in total. The van der Waals surface area contributed by atoms with Crippen LogP contribution >= 0.6 is 46.4 Å². The Bertz CT molecular complexity index is 1300. The van der Waals surface area contributed by atoms with Gasteiger partial charge in [-0.05, 0) is 24.3 Å². The number of hydrogen-bond donors (Lipinski definition) is 1. The molecule has 1 N–H and O–H groups in total. The average Bonchev–Trinajstić information content (AvgIpc) is 2.82. The predicted octanol–water partition coefficient (Wildman–Crippen LogP) is 3.60. The summed E-state index contributed by atoms with van der Waals surface area (Å²) >= 11 is 24.1. The molecule has 0 radical (unpaired) electrons. The first-order valence-electron chi connectivity index (χ1n) is 10.2. The van der Waals surface area contributed by atoms with Gasteiger partial charge >= 0.3 is 0 Å². The maximum atomic E-state index is 13.2. The van der Waals surface area contributed by atoms with Crippen LogP contribution in [0.3, 0.4) is 0 Å². The SMILES string of the molecule is COc1c(S(=O)(=O)NCCN2CCN(S(=O)(=O)c3ccc(Cl)c(Cl)c3OC)CC2)ccc(Cl)c1Cl. The summed E-state index contributed by atoms with van der Waals surface area (Å²) in [6, 6.07) is 5.46. The van der Waals surface area contributed by atoms with Crippen molar-refractivity contribution in [2.24, 2.45) is 0 Å². The van der Waals surface area contributed by atoms with E-state index in [1.807, 2.05) is 4.90 Å². The zero-order valence-electron chi connectivity index (χ0n) is 18.7. The zero-order valence-corrected chi connectivity index (χ0v) is 23.4. The molecule has 1 fully saturated rings. The summed E-state index contributed by atoms with van der Waals surface area (Å²) in [6.45, 7) is 1.69. The number of sulfonamides is 2. The predicted molar refractivity (Wildman–Crippen MR) is 136 cm³/mol. The number of nitrogens with zero attached hydrogens (tertiary/aromatic N) is 2. The third kappa shape index (κ3) is 6.11. The molecule has 2 aromatic rings. The Hall–Kier alpha value is -1.02. The van der Waals surface area contributed by atoms with Crippen molar-refractivity contribution in [1.82, 2.24) is 13.9 Å². The number of benzene rings is 2. The highest BCUT2D eigenvalue weighted by Crippen LogP contribution is 2.39. The van der Waals surface area contributed by atoms with E-state index in [4.69, 9.17) is 55.9 Å². The van der Waals surface area contributed by atoms with E-state index in [2.05, 4.69) is 4.72 Å². The van der Waals surface area contributed by atoms with Crippen LogP contribution in [0.1, 0.15) is 0 Å². The third-order valence-electron chi connectivity index (χ3n) is 5.39. The van der Waals surface area contributed by atoms with Crippen LogP contribution in [0, 0.1) is 0 Å². The Kier molecular flexibility index (Phi) is 9.44. The first-order valence-corrected chi connectivity index (χ1v) is 14.6. The number of rotatable bonds is 9. The van der Waals surface area contributed by atoms with Gasteiger partial charge in [-0.25, -0.2) is 21.6 Å². The Balaban J connectivity index is 1.61. The van der Waals surface area contributed by atoms with Crippen LogP contribution in [-0.4, -0.2) is 79.5 Å². The number of hydrogen-bond acceptors (Lipinski definition) is 7. The summed E-state index contributed by atoms with van der Waals surface area (Å²) in [4.78, 5) is 1.76. The van der Waals surface area contributed by atoms with Crippen LogP contribution in [-0.2, 0) is 20.0 Å². The van der Waals surface area contributed by atoms with E-state index in [-0.39, 0.29) is 61.0 Å². The normalized spacial score (nSPS) is 15.8. The van der Waals surface area contributed by atoms with Crippen molar-refractivity contribution in [1.29, 1.82) is 0 Å². The van der Waals surface area contributed by atoms with E-state index in [1.165, 1.54) is 42.8 Å². The lowest BCUT2D eigenvalue weighted by Crippen LogP contribution is -2.50. The summed E-state index contributed by atoms with van der Waals surface area (Å²) in [6.07, 6.45) is 0. The quantitative estimate of drug-likeness (QED) is 0.465. The number of methoxy groups -OCH3 is 2. The Labute approximate surface area is 224 Å². The molecular formula is C20H23Cl4N3O6S2. The van der Waals surface area contributed by atoms with Gasteiger partial charge in [-0.15, -0.1) is 0 Å². The molecule has 0 aromatic heterocycles. The van der Waals surface area contributed by atoms with Crippen molar-refractivity contribution >= 4 is 66.5 Å². The van der Waals surface area contributed by atoms with Gasteiger partial charge in [0.2, 0.25) is 20.0 Å². The maximum absolute atomic E-state index is 13.2. The lowest BCUT2D eigenvalue weighted by atomic mass is 10.3. The van der Waals surface area contributed by atoms with E-state index in [9.17, 15) is 16.8 Å². The number of nitrogens with one attached hydrogen (secondary N) is 1. The molecule has 0 bridgehead atoms. The third-order valence-corrected chi connectivity index (χ3v) is 10.4. The Morgan fingerprint density at radius 2 is 1.29 bits per heavy atom. The molecule has 35 heavy (non-hydrogen) atoms. The molecule has 15 heteroatoms. The standard InChI is InChI=1S/C20H23Cl4N3O6S2/c1-32-19-15(5-3-13(21)17(19)23)34(28,29)25-7-8-26-9-11-27(12-10-26)35(30,31)16-6-4-14(22)18(24)20(16)33-2/h3-6,25H,7-12H2,1-2H3. The molecule has 1 aliphatic rings. The van der Waals surface area contributed by atoms with Gasteiger partial charge in [0, 0.05) is 39.3 Å². The van der Waals surface area contributed by atoms with E-state index >= 15 is 0 Å². The molecule has 2 aromatic carbocycles. The molecule has 1 saturated heterocycles. The molecule has 0 unspecified atom stereocenters. The van der Waals surface area contributed by atoms with E-state index in [0.29, 0.717) is 19.6 Å². The zero-order chi connectivity index (χ0) is 26.0. The minimum Gasteiger partial charge on any atom is -0.494 e. The fourth-order valence-corrected chi connectivity index (χ4v) is 7.24. The lowest BCUT2D eigenvalue weighted by molar-refractivity contribution is 0.191. The monoisotopic (exact) mass is 605 g/mol. The van der Waals surface area contributed by atoms with Crippen LogP contribution in [0.5, 0.6) is 11.5 Å². The largest absolute Gasteiger partial charge is 0.494 e. The minimum atomic E-state index is -3.92. The molecule has 0 saturated carbocycles. The summed E-state index contributed by atoms with van der Waals surface area (Å²) < 4.78 is 65.9. The summed E-state index contributed by atoms with van der Waals surface area (Å²) in [5.74, 6) is -0.0445. The molecular weight excluding hydrogens is 584 g/mol. The number of ether oxygens (including phenoxy) is 2. The first kappa shape index (κ1) is 28.5. The maximum Gasteiger partial charge on any atom is 0.246 e. The second kappa shape index (κ2) is 11.6. The van der Waals surface area contributed by atoms with Gasteiger partial charge in [-0.3, -0.25) is 4.90 Å².